The third-order valence-electron chi connectivity index (χ3n) is 5.99. The van der Waals surface area contributed by atoms with E-state index in [0.717, 1.165) is 23.1 Å². The van der Waals surface area contributed by atoms with E-state index in [-0.39, 0.29) is 30.3 Å². The van der Waals surface area contributed by atoms with Crippen LogP contribution in [-0.2, 0) is 9.53 Å². The van der Waals surface area contributed by atoms with Crippen molar-refractivity contribution in [1.29, 1.82) is 0 Å². The van der Waals surface area contributed by atoms with Crippen LogP contribution in [0.1, 0.15) is 34.9 Å². The lowest BCUT2D eigenvalue weighted by Gasteiger charge is -2.14. The molecule has 0 aromatic heterocycles. The molecule has 1 saturated carbocycles. The molecule has 150 valence electrons. The van der Waals surface area contributed by atoms with Gasteiger partial charge in [-0.1, -0.05) is 78.9 Å². The summed E-state index contributed by atoms with van der Waals surface area (Å²) in [6.45, 7) is 0.214. The molecule has 30 heavy (non-hydrogen) atoms. The molecule has 3 aromatic carbocycles. The van der Waals surface area contributed by atoms with Gasteiger partial charge in [0.1, 0.15) is 6.61 Å². The smallest absolute Gasteiger partial charge is 0.426 e. The maximum Gasteiger partial charge on any atom is 0.426 e. The van der Waals surface area contributed by atoms with Gasteiger partial charge in [0, 0.05) is 11.8 Å². The van der Waals surface area contributed by atoms with Crippen LogP contribution in [-0.4, -0.2) is 18.6 Å². The van der Waals surface area contributed by atoms with Crippen molar-refractivity contribution in [2.75, 3.05) is 6.61 Å². The van der Waals surface area contributed by atoms with Gasteiger partial charge in [0.2, 0.25) is 5.91 Å². The fourth-order valence-corrected chi connectivity index (χ4v) is 4.39. The van der Waals surface area contributed by atoms with Crippen molar-refractivity contribution in [1.82, 2.24) is 10.9 Å². The van der Waals surface area contributed by atoms with E-state index < -0.39 is 6.09 Å². The van der Waals surface area contributed by atoms with Gasteiger partial charge >= 0.3 is 6.09 Å². The van der Waals surface area contributed by atoms with E-state index in [1.807, 2.05) is 54.6 Å². The van der Waals surface area contributed by atoms with Crippen LogP contribution in [0.4, 0.5) is 4.79 Å². The van der Waals surface area contributed by atoms with Crippen LogP contribution in [0.5, 0.6) is 0 Å². The molecule has 5 heteroatoms. The third-order valence-corrected chi connectivity index (χ3v) is 5.99. The summed E-state index contributed by atoms with van der Waals surface area (Å²) >= 11 is 0. The summed E-state index contributed by atoms with van der Waals surface area (Å²) in [6, 6.07) is 26.3. The summed E-state index contributed by atoms with van der Waals surface area (Å²) < 4.78 is 5.44. The van der Waals surface area contributed by atoms with Gasteiger partial charge in [-0.2, -0.15) is 0 Å². The Morgan fingerprint density at radius 2 is 1.40 bits per heavy atom. The molecule has 0 heterocycles. The van der Waals surface area contributed by atoms with E-state index in [0.29, 0.717) is 0 Å². The minimum absolute atomic E-state index is 0.00950. The van der Waals surface area contributed by atoms with Crippen LogP contribution >= 0.6 is 0 Å². The Hall–Kier alpha value is -3.60. The zero-order chi connectivity index (χ0) is 20.5. The first-order valence-corrected chi connectivity index (χ1v) is 10.2. The molecular formula is C25H22N2O3. The van der Waals surface area contributed by atoms with Crippen molar-refractivity contribution < 1.29 is 14.3 Å². The number of fused-ring (bicyclic) bond motifs is 3. The molecule has 2 unspecified atom stereocenters. The van der Waals surface area contributed by atoms with Gasteiger partial charge in [-0.3, -0.25) is 10.2 Å². The van der Waals surface area contributed by atoms with Crippen LogP contribution in [0.3, 0.4) is 0 Å². The molecule has 5 nitrogen and oxygen atoms in total. The van der Waals surface area contributed by atoms with Crippen molar-refractivity contribution >= 4 is 12.0 Å². The van der Waals surface area contributed by atoms with E-state index in [2.05, 4.69) is 35.1 Å². The summed E-state index contributed by atoms with van der Waals surface area (Å²) in [5.74, 6) is -0.0843. The van der Waals surface area contributed by atoms with E-state index in [1.54, 1.807) is 0 Å². The summed E-state index contributed by atoms with van der Waals surface area (Å²) in [5.41, 5.74) is 10.7. The maximum atomic E-state index is 12.3. The molecule has 5 rings (SSSR count). The number of hydrazine groups is 1. The highest BCUT2D eigenvalue weighted by Crippen LogP contribution is 2.47. The molecule has 2 aliphatic carbocycles. The predicted octanol–water partition coefficient (Wildman–Crippen LogP) is 4.36. The molecule has 0 radical (unpaired) electrons. The molecular weight excluding hydrogens is 376 g/mol. The average Bonchev–Trinajstić information content (AvgIpc) is 3.54. The number of benzene rings is 3. The van der Waals surface area contributed by atoms with Crippen LogP contribution in [0, 0.1) is 5.92 Å². The average molecular weight is 398 g/mol. The Labute approximate surface area is 175 Å². The Bertz CT molecular complexity index is 1050. The van der Waals surface area contributed by atoms with Gasteiger partial charge in [-0.05, 0) is 40.2 Å². The molecule has 0 bridgehead atoms. The highest BCUT2D eigenvalue weighted by Gasteiger charge is 2.44. The zero-order valence-electron chi connectivity index (χ0n) is 16.4. The second kappa shape index (κ2) is 7.67. The Morgan fingerprint density at radius 3 is 2.07 bits per heavy atom. The lowest BCUT2D eigenvalue weighted by atomic mass is 9.98. The van der Waals surface area contributed by atoms with Crippen LogP contribution in [0.2, 0.25) is 0 Å². The minimum Gasteiger partial charge on any atom is -0.447 e. The number of nitrogens with one attached hydrogen (secondary N) is 2. The number of hydrogen-bond donors (Lipinski definition) is 2. The minimum atomic E-state index is -0.651. The van der Waals surface area contributed by atoms with Crippen molar-refractivity contribution in [2.24, 2.45) is 5.92 Å². The van der Waals surface area contributed by atoms with Crippen LogP contribution < -0.4 is 10.9 Å². The maximum absolute atomic E-state index is 12.3. The molecule has 0 spiro atoms. The molecule has 2 amide bonds. The van der Waals surface area contributed by atoms with Gasteiger partial charge in [-0.15, -0.1) is 0 Å². The van der Waals surface area contributed by atoms with Crippen LogP contribution in [0.25, 0.3) is 11.1 Å². The van der Waals surface area contributed by atoms with Crippen LogP contribution in [0.15, 0.2) is 78.9 Å². The van der Waals surface area contributed by atoms with Crippen molar-refractivity contribution in [3.63, 3.8) is 0 Å². The van der Waals surface area contributed by atoms with E-state index in [1.165, 1.54) is 11.1 Å². The summed E-state index contributed by atoms with van der Waals surface area (Å²) in [4.78, 5) is 24.5. The largest absolute Gasteiger partial charge is 0.447 e. The quantitative estimate of drug-likeness (QED) is 0.642. The fourth-order valence-electron chi connectivity index (χ4n) is 4.39. The van der Waals surface area contributed by atoms with Gasteiger partial charge in [-0.25, -0.2) is 10.2 Å². The molecule has 2 N–H and O–H groups in total. The predicted molar refractivity (Wildman–Crippen MR) is 114 cm³/mol. The molecule has 2 aliphatic rings. The zero-order valence-corrected chi connectivity index (χ0v) is 16.4. The van der Waals surface area contributed by atoms with Crippen molar-refractivity contribution in [2.45, 2.75) is 18.3 Å². The van der Waals surface area contributed by atoms with Gasteiger partial charge in [0.15, 0.2) is 0 Å². The van der Waals surface area contributed by atoms with Crippen molar-refractivity contribution in [3.8, 4) is 11.1 Å². The Balaban J connectivity index is 1.15. The van der Waals surface area contributed by atoms with Crippen molar-refractivity contribution in [3.05, 3.63) is 95.6 Å². The fraction of sp³-hybridized carbons (Fsp3) is 0.200. The Kier molecular flexibility index (Phi) is 4.71. The normalized spacial score (nSPS) is 18.8. The second-order valence-electron chi connectivity index (χ2n) is 7.80. The highest BCUT2D eigenvalue weighted by molar-refractivity contribution is 5.84. The first kappa shape index (κ1) is 18.4. The molecule has 2 atom stereocenters. The first-order valence-electron chi connectivity index (χ1n) is 10.2. The van der Waals surface area contributed by atoms with Gasteiger partial charge in [0.05, 0.1) is 0 Å². The van der Waals surface area contributed by atoms with E-state index in [9.17, 15) is 9.59 Å². The number of ether oxygens (including phenoxy) is 1. The Morgan fingerprint density at radius 1 is 0.800 bits per heavy atom. The number of carbonyl (C=O) groups is 2. The third kappa shape index (κ3) is 3.43. The van der Waals surface area contributed by atoms with Gasteiger partial charge in [0.25, 0.3) is 0 Å². The summed E-state index contributed by atoms with van der Waals surface area (Å²) in [6.07, 6.45) is 0.143. The monoisotopic (exact) mass is 398 g/mol. The summed E-state index contributed by atoms with van der Waals surface area (Å²) in [7, 11) is 0. The lowest BCUT2D eigenvalue weighted by molar-refractivity contribution is -0.123. The lowest BCUT2D eigenvalue weighted by Crippen LogP contribution is -2.43. The number of amides is 2. The molecule has 0 aliphatic heterocycles. The number of carbonyl (C=O) groups excluding carboxylic acids is 2. The van der Waals surface area contributed by atoms with E-state index in [4.69, 9.17) is 4.74 Å². The molecule has 0 saturated heterocycles. The topological polar surface area (TPSA) is 67.4 Å². The summed E-state index contributed by atoms with van der Waals surface area (Å²) in [5, 5.41) is 0. The van der Waals surface area contributed by atoms with E-state index >= 15 is 0 Å². The molecule has 1 fully saturated rings. The second-order valence-corrected chi connectivity index (χ2v) is 7.80. The molecule has 3 aromatic rings. The number of rotatable bonds is 4. The SMILES string of the molecule is O=C(NNC(=O)C1CC1c1ccccc1)OCC1c2ccccc2-c2ccccc21. The highest BCUT2D eigenvalue weighted by atomic mass is 16.6. The first-order chi connectivity index (χ1) is 14.7. The number of hydrogen-bond acceptors (Lipinski definition) is 3. The standard InChI is InChI=1S/C25H22N2O3/c28-24(22-14-21(22)16-8-2-1-3-9-16)26-27-25(29)30-15-23-19-12-6-4-10-17(19)18-11-5-7-13-20(18)23/h1-13,21-23H,14-15H2,(H,26,28)(H,27,29). The van der Waals surface area contributed by atoms with Gasteiger partial charge < -0.3 is 4.74 Å².